The maximum absolute atomic E-state index is 13.2. The van der Waals surface area contributed by atoms with Crippen LogP contribution in [0.15, 0.2) is 18.2 Å². The Morgan fingerprint density at radius 2 is 1.79 bits per heavy atom. The van der Waals surface area contributed by atoms with Crippen LogP contribution in [-0.2, 0) is 11.3 Å². The number of benzene rings is 1. The molecule has 1 fully saturated rings. The summed E-state index contributed by atoms with van der Waals surface area (Å²) in [6.07, 6.45) is 4.16. The number of nitrogens with one attached hydrogen (secondary N) is 2. The number of carbonyl (C=O) groups is 2. The van der Waals surface area contributed by atoms with Crippen LogP contribution in [0.2, 0.25) is 0 Å². The lowest BCUT2D eigenvalue weighted by molar-refractivity contribution is -0.136. The number of nitrogens with zero attached hydrogens (tertiary/aromatic N) is 2. The molecule has 0 saturated heterocycles. The molecule has 162 valence electrons. The molecule has 6 heteroatoms. The summed E-state index contributed by atoms with van der Waals surface area (Å²) in [6, 6.07) is 5.77. The Bertz CT molecular complexity index is 694. The fourth-order valence-electron chi connectivity index (χ4n) is 3.60. The van der Waals surface area contributed by atoms with E-state index in [2.05, 4.69) is 29.4 Å². The molecule has 0 spiro atoms. The minimum atomic E-state index is -0.216. The maximum Gasteiger partial charge on any atom is 0.319 e. The zero-order valence-electron chi connectivity index (χ0n) is 18.9. The second-order valence-corrected chi connectivity index (χ2v) is 8.67. The molecule has 2 N–H and O–H groups in total. The summed E-state index contributed by atoms with van der Waals surface area (Å²) in [6.45, 7) is 9.43. The summed E-state index contributed by atoms with van der Waals surface area (Å²) in [5.74, 6) is 0.964. The Morgan fingerprint density at radius 1 is 1.14 bits per heavy atom. The molecular formula is C23H38N4O2. The van der Waals surface area contributed by atoms with Crippen LogP contribution in [0.1, 0.15) is 58.9 Å². The monoisotopic (exact) mass is 402 g/mol. The molecular weight excluding hydrogens is 364 g/mol. The highest BCUT2D eigenvalue weighted by Crippen LogP contribution is 2.32. The highest BCUT2D eigenvalue weighted by molar-refractivity contribution is 5.90. The molecule has 1 aromatic carbocycles. The summed E-state index contributed by atoms with van der Waals surface area (Å²) >= 11 is 0. The smallest absolute Gasteiger partial charge is 0.319 e. The van der Waals surface area contributed by atoms with E-state index in [1.807, 2.05) is 51.0 Å². The van der Waals surface area contributed by atoms with Gasteiger partial charge in [0.05, 0.1) is 0 Å². The van der Waals surface area contributed by atoms with Gasteiger partial charge in [-0.2, -0.15) is 0 Å². The summed E-state index contributed by atoms with van der Waals surface area (Å²) in [5, 5.41) is 5.76. The lowest BCUT2D eigenvalue weighted by Gasteiger charge is -2.29. The molecule has 1 aliphatic rings. The number of rotatable bonds is 10. The SMILES string of the molecule is CCC(CC)C(=O)N(Cc1cc(NC(=O)NC(C)C)ccc1N(C)C)CC1CC1. The number of hydrogen-bond donors (Lipinski definition) is 2. The molecule has 1 saturated carbocycles. The van der Waals surface area contributed by atoms with Gasteiger partial charge in [0, 0.05) is 50.5 Å². The van der Waals surface area contributed by atoms with Crippen LogP contribution in [0.5, 0.6) is 0 Å². The van der Waals surface area contributed by atoms with Crippen LogP contribution in [0.25, 0.3) is 0 Å². The minimum absolute atomic E-state index is 0.0715. The molecule has 0 unspecified atom stereocenters. The van der Waals surface area contributed by atoms with Gasteiger partial charge in [-0.3, -0.25) is 4.79 Å². The maximum atomic E-state index is 13.2. The zero-order valence-corrected chi connectivity index (χ0v) is 18.9. The Morgan fingerprint density at radius 3 is 2.31 bits per heavy atom. The molecule has 0 radical (unpaired) electrons. The molecule has 2 rings (SSSR count). The van der Waals surface area contributed by atoms with Crippen molar-refractivity contribution in [1.29, 1.82) is 0 Å². The predicted molar refractivity (Wildman–Crippen MR) is 120 cm³/mol. The van der Waals surface area contributed by atoms with Gasteiger partial charge in [-0.1, -0.05) is 13.8 Å². The largest absolute Gasteiger partial charge is 0.377 e. The van der Waals surface area contributed by atoms with Gasteiger partial charge in [-0.15, -0.1) is 0 Å². The van der Waals surface area contributed by atoms with Gasteiger partial charge in [-0.25, -0.2) is 4.79 Å². The summed E-state index contributed by atoms with van der Waals surface area (Å²) in [7, 11) is 4.01. The van der Waals surface area contributed by atoms with Crippen molar-refractivity contribution < 1.29 is 9.59 Å². The molecule has 0 aliphatic heterocycles. The van der Waals surface area contributed by atoms with Crippen LogP contribution in [0, 0.1) is 11.8 Å². The highest BCUT2D eigenvalue weighted by atomic mass is 16.2. The minimum Gasteiger partial charge on any atom is -0.377 e. The van der Waals surface area contributed by atoms with E-state index in [0.717, 1.165) is 36.3 Å². The van der Waals surface area contributed by atoms with Crippen molar-refractivity contribution in [2.45, 2.75) is 66.0 Å². The quantitative estimate of drug-likeness (QED) is 0.607. The molecule has 1 aromatic rings. The van der Waals surface area contributed by atoms with E-state index in [0.29, 0.717) is 12.5 Å². The van der Waals surface area contributed by atoms with Gasteiger partial charge in [0.15, 0.2) is 0 Å². The molecule has 0 atom stereocenters. The zero-order chi connectivity index (χ0) is 21.6. The Hall–Kier alpha value is -2.24. The van der Waals surface area contributed by atoms with E-state index >= 15 is 0 Å². The molecule has 6 nitrogen and oxygen atoms in total. The van der Waals surface area contributed by atoms with E-state index in [1.54, 1.807) is 0 Å². The van der Waals surface area contributed by atoms with Crippen molar-refractivity contribution in [1.82, 2.24) is 10.2 Å². The first kappa shape index (κ1) is 23.0. The summed E-state index contributed by atoms with van der Waals surface area (Å²) < 4.78 is 0. The van der Waals surface area contributed by atoms with Gasteiger partial charge in [0.2, 0.25) is 5.91 Å². The van der Waals surface area contributed by atoms with Gasteiger partial charge < -0.3 is 20.4 Å². The van der Waals surface area contributed by atoms with Crippen LogP contribution >= 0.6 is 0 Å². The van der Waals surface area contributed by atoms with E-state index in [4.69, 9.17) is 0 Å². The van der Waals surface area contributed by atoms with Crippen LogP contribution < -0.4 is 15.5 Å². The standard InChI is InChI=1S/C23H38N4O2/c1-7-18(8-2)22(28)27(14-17-9-10-17)15-19-13-20(11-12-21(19)26(5)6)25-23(29)24-16(3)4/h11-13,16-18H,7-10,14-15H2,1-6H3,(H2,24,25,29). The number of anilines is 2. The van der Waals surface area contributed by atoms with Crippen molar-refractivity contribution in [3.8, 4) is 0 Å². The fourth-order valence-corrected chi connectivity index (χ4v) is 3.60. The summed E-state index contributed by atoms with van der Waals surface area (Å²) in [4.78, 5) is 29.4. The van der Waals surface area contributed by atoms with E-state index in [9.17, 15) is 9.59 Å². The first-order valence-corrected chi connectivity index (χ1v) is 10.9. The predicted octanol–water partition coefficient (Wildman–Crippen LogP) is 4.46. The van der Waals surface area contributed by atoms with Crippen molar-refractivity contribution in [2.75, 3.05) is 30.9 Å². The Balaban J connectivity index is 2.26. The Labute approximate surface area is 176 Å². The first-order valence-electron chi connectivity index (χ1n) is 10.9. The van der Waals surface area contributed by atoms with Crippen molar-refractivity contribution in [2.24, 2.45) is 11.8 Å². The first-order chi connectivity index (χ1) is 13.7. The van der Waals surface area contributed by atoms with Gasteiger partial charge in [0.25, 0.3) is 0 Å². The number of hydrogen-bond acceptors (Lipinski definition) is 3. The normalized spacial score (nSPS) is 13.5. The molecule has 3 amide bonds. The number of carbonyl (C=O) groups excluding carboxylic acids is 2. The lowest BCUT2D eigenvalue weighted by Crippen LogP contribution is -2.37. The molecule has 1 aliphatic carbocycles. The third-order valence-corrected chi connectivity index (χ3v) is 5.42. The highest BCUT2D eigenvalue weighted by Gasteiger charge is 2.30. The Kier molecular flexibility index (Phi) is 8.35. The van der Waals surface area contributed by atoms with Gasteiger partial charge in [0.1, 0.15) is 0 Å². The third kappa shape index (κ3) is 6.94. The molecule has 0 heterocycles. The van der Waals surface area contributed by atoms with Crippen molar-refractivity contribution >= 4 is 23.3 Å². The average Bonchev–Trinajstić information content (AvgIpc) is 3.45. The molecule has 0 aromatic heterocycles. The second-order valence-electron chi connectivity index (χ2n) is 8.67. The number of amides is 3. The van der Waals surface area contributed by atoms with Crippen molar-refractivity contribution in [3.05, 3.63) is 23.8 Å². The molecule has 0 bridgehead atoms. The number of urea groups is 1. The second kappa shape index (κ2) is 10.5. The van der Waals surface area contributed by atoms with E-state index in [-0.39, 0.29) is 23.9 Å². The fraction of sp³-hybridized carbons (Fsp3) is 0.652. The van der Waals surface area contributed by atoms with Crippen LogP contribution in [0.4, 0.5) is 16.2 Å². The summed E-state index contributed by atoms with van der Waals surface area (Å²) in [5.41, 5.74) is 2.86. The van der Waals surface area contributed by atoms with Crippen LogP contribution in [0.3, 0.4) is 0 Å². The lowest BCUT2D eigenvalue weighted by atomic mass is 10.0. The molecule has 29 heavy (non-hydrogen) atoms. The average molecular weight is 403 g/mol. The van der Waals surface area contributed by atoms with Gasteiger partial charge in [-0.05, 0) is 69.2 Å². The van der Waals surface area contributed by atoms with E-state index in [1.165, 1.54) is 12.8 Å². The van der Waals surface area contributed by atoms with Crippen molar-refractivity contribution in [3.63, 3.8) is 0 Å². The van der Waals surface area contributed by atoms with Gasteiger partial charge >= 0.3 is 6.03 Å². The topological polar surface area (TPSA) is 64.7 Å². The van der Waals surface area contributed by atoms with E-state index < -0.39 is 0 Å². The van der Waals surface area contributed by atoms with Crippen LogP contribution in [-0.4, -0.2) is 43.5 Å². The third-order valence-electron chi connectivity index (χ3n) is 5.42.